The van der Waals surface area contributed by atoms with Gasteiger partial charge in [0.2, 0.25) is 0 Å². The van der Waals surface area contributed by atoms with Crippen molar-refractivity contribution < 1.29 is 113 Å². The number of aliphatic carboxylic acids is 1. The van der Waals surface area contributed by atoms with Crippen LogP contribution in [0.5, 0.6) is 0 Å². The number of nitrogens with one attached hydrogen (secondary N) is 2. The van der Waals surface area contributed by atoms with Crippen molar-refractivity contribution in [3.05, 3.63) is 108 Å². The van der Waals surface area contributed by atoms with Gasteiger partial charge in [-0.2, -0.15) is 30.6 Å². The van der Waals surface area contributed by atoms with Crippen molar-refractivity contribution in [1.82, 2.24) is 73.1 Å². The van der Waals surface area contributed by atoms with Crippen molar-refractivity contribution in [2.24, 2.45) is 17.8 Å². The largest absolute Gasteiger partial charge is 1.00 e. The van der Waals surface area contributed by atoms with Gasteiger partial charge in [0.15, 0.2) is 34.0 Å². The average Bonchev–Trinajstić information content (AvgIpc) is 1.63. The first kappa shape index (κ1) is 85.4. The Kier molecular flexibility index (Phi) is 28.1. The van der Waals surface area contributed by atoms with E-state index in [1.54, 1.807) is 26.2 Å². The first-order chi connectivity index (χ1) is 54.4. The minimum absolute atomic E-state index is 0. The zero-order chi connectivity index (χ0) is 79.9. The SMILES string of the molecule is CCOC(=O)C1CCC(n2cc(N)c(C(F)F)n2)CC1.CCOC(=O)C1CCC(n2cc(NC(=O)c3cnn4ccc(N5C[C@H]6C[C@@H]5CO6)nc34)c(C(F)F)n2)CC1.C[C@H]1CCCO1.Nc1ccn2ncc(C(=O)Nc3cn(C4CCC(C(=O)O)CC4)nc3C(F)F)c2n1.O=C(O)c1cnn2ccc(N3C[C@H]4C[C@@H]3CO4)nc12.[Li+].[OH-]. The third-order valence-electron chi connectivity index (χ3n) is 21.6. The number of fused-ring (bicyclic) bond motifs is 7. The molecule has 9 aromatic rings. The second-order valence-electron chi connectivity index (χ2n) is 29.0. The molecule has 3 aliphatic carbocycles. The second kappa shape index (κ2) is 37.9. The molecule has 5 atom stereocenters. The van der Waals surface area contributed by atoms with Gasteiger partial charge in [-0.15, -0.1) is 0 Å². The molecule has 115 heavy (non-hydrogen) atoms. The number of amides is 2. The number of hydrogen-bond acceptors (Lipinski definition) is 25. The smallest absolute Gasteiger partial charge is 0.870 e. The molecule has 0 spiro atoms. The maximum absolute atomic E-state index is 13.9. The van der Waals surface area contributed by atoms with Crippen molar-refractivity contribution in [3.8, 4) is 0 Å². The maximum atomic E-state index is 13.9. The van der Waals surface area contributed by atoms with Crippen molar-refractivity contribution >= 4 is 87.1 Å². The standard InChI is InChI=1S/C25H29F2N7O4.C18H19F2N7O3.C13H19F2N3O2.C12H12N4O3.C5H10O.Li.H2O/c1-2-37-25(36)14-3-5-15(6-4-14)34-12-19(21(31-34)22(26)27)29-24(35)18-10-28-33-8-7-20(30-23(18)33)32-11-17-9-16(32)13-38-17;19-15(20)14-12(8-27(25-14)10-3-1-9(2-4-10)18(29)30)23-17(28)11-7-22-26-6-5-13(21)24-16(11)26;1-2-20-13(19)8-3-5-9(6-4-8)18-7-10(16)11(17-18)12(14)15;17-12(18)9-4-13-16-2-1-10(14-11(9)16)15-5-8-3-7(15)6-19-8;1-5-3-2-4-6-5;;/h7-8,10,12,14-17,22H,2-6,9,11,13H2,1H3,(H,29,35);5-10,15H,1-4H2,(H2,21,24)(H,23,28)(H,29,30);7-9,12H,2-6,16H2,1H3;1-2,4,7-8H,3,5-6H2,(H,17,18);5H,2-4H2,1H3;;1H2/q;;;;;+1;/p-1/t14?,15?,16-,17-;;;7-,8-;5-;;/m1..10../s1. The number of aromatic nitrogens is 15. The normalized spacial score (nSPS) is 23.3. The van der Waals surface area contributed by atoms with Crippen LogP contribution in [0.4, 0.5) is 60.9 Å². The van der Waals surface area contributed by atoms with E-state index >= 15 is 0 Å². The quantitative estimate of drug-likeness (QED) is 0.0285. The summed E-state index contributed by atoms with van der Waals surface area (Å²) >= 11 is 0. The van der Waals surface area contributed by atoms with Crippen molar-refractivity contribution in [2.75, 3.05) is 78.0 Å². The number of esters is 2. The van der Waals surface area contributed by atoms with Crippen LogP contribution in [0.1, 0.15) is 209 Å². The molecule has 0 radical (unpaired) electrons. The Labute approximate surface area is 665 Å². The van der Waals surface area contributed by atoms with Gasteiger partial charge in [-0.1, -0.05) is 0 Å². The number of anilines is 6. The Bertz CT molecular complexity index is 4860. The van der Waals surface area contributed by atoms with E-state index in [-0.39, 0.29) is 135 Å². The summed E-state index contributed by atoms with van der Waals surface area (Å²) in [6.07, 6.45) is 17.5. The molecular weight excluding hydrogens is 1520 g/mol. The van der Waals surface area contributed by atoms with Gasteiger partial charge in [-0.3, -0.25) is 38.0 Å². The summed E-state index contributed by atoms with van der Waals surface area (Å²) < 4.78 is 115. The minimum Gasteiger partial charge on any atom is -0.870 e. The zero-order valence-electron chi connectivity index (χ0n) is 63.6. The summed E-state index contributed by atoms with van der Waals surface area (Å²) in [4.78, 5) is 89.3. The number of carboxylic acid groups (broad SMARTS) is 2. The molecule has 8 aliphatic rings. The van der Waals surface area contributed by atoms with Gasteiger partial charge in [-0.25, -0.2) is 59.6 Å². The fourth-order valence-corrected chi connectivity index (χ4v) is 15.6. The summed E-state index contributed by atoms with van der Waals surface area (Å²) in [5, 5.41) is 47.4. The molecule has 5 saturated heterocycles. The predicted molar refractivity (Wildman–Crippen MR) is 394 cm³/mol. The molecule has 0 unspecified atom stereocenters. The van der Waals surface area contributed by atoms with Crippen LogP contribution in [0.2, 0.25) is 0 Å². The number of rotatable bonds is 18. The van der Waals surface area contributed by atoms with Crippen LogP contribution < -0.4 is 50.8 Å². The van der Waals surface area contributed by atoms with Gasteiger partial charge in [0.25, 0.3) is 31.1 Å². The number of nitrogens with two attached hydrogens (primary N) is 2. The van der Waals surface area contributed by atoms with Gasteiger partial charge < -0.3 is 71.3 Å². The molecule has 35 nitrogen and oxygen atoms in total. The van der Waals surface area contributed by atoms with E-state index in [9.17, 15) is 55.1 Å². The Morgan fingerprint density at radius 3 is 1.29 bits per heavy atom. The predicted octanol–water partition coefficient (Wildman–Crippen LogP) is 7.02. The molecule has 3 saturated carbocycles. The number of nitrogen functional groups attached to an aromatic ring is 2. The molecule has 14 heterocycles. The molecule has 5 aliphatic heterocycles. The van der Waals surface area contributed by atoms with Crippen LogP contribution in [0.3, 0.4) is 0 Å². The molecule has 9 N–H and O–H groups in total. The van der Waals surface area contributed by atoms with Crippen LogP contribution >= 0.6 is 0 Å². The Hall–Kier alpha value is -10.5. The first-order valence-electron chi connectivity index (χ1n) is 37.8. The number of alkyl halides is 6. The topological polar surface area (TPSA) is 446 Å². The van der Waals surface area contributed by atoms with Crippen LogP contribution in [0.25, 0.3) is 16.9 Å². The number of ether oxygens (including phenoxy) is 5. The van der Waals surface area contributed by atoms with Crippen LogP contribution in [-0.2, 0) is 38.1 Å². The molecular formula is C73H90F6LiN21O14. The molecule has 17 rings (SSSR count). The molecule has 42 heteroatoms. The number of carbonyl (C=O) groups is 6. The maximum Gasteiger partial charge on any atom is 1.00 e. The fourth-order valence-electron chi connectivity index (χ4n) is 15.6. The van der Waals surface area contributed by atoms with Crippen LogP contribution in [0, 0.1) is 17.8 Å². The number of aromatic carboxylic acids is 1. The third kappa shape index (κ3) is 19.7. The first-order valence-corrected chi connectivity index (χ1v) is 37.8. The van der Waals surface area contributed by atoms with E-state index < -0.39 is 60.3 Å². The number of carboxylic acids is 2. The zero-order valence-corrected chi connectivity index (χ0v) is 63.6. The van der Waals surface area contributed by atoms with E-state index in [0.717, 1.165) is 50.8 Å². The van der Waals surface area contributed by atoms with Crippen LogP contribution in [-0.4, -0.2) is 201 Å². The fraction of sp³-hybridized carbons (Fsp3) is 0.548. The number of nitrogens with zero attached hydrogens (tertiary/aromatic N) is 17. The number of hydrogen-bond donors (Lipinski definition) is 6. The van der Waals surface area contributed by atoms with E-state index in [4.69, 9.17) is 45.4 Å². The summed E-state index contributed by atoms with van der Waals surface area (Å²) in [5.41, 5.74) is 10.9. The number of morpholine rings is 2. The van der Waals surface area contributed by atoms with E-state index in [0.29, 0.717) is 120 Å². The average molecular weight is 1610 g/mol. The van der Waals surface area contributed by atoms with Gasteiger partial charge in [0.05, 0.1) is 128 Å². The van der Waals surface area contributed by atoms with Gasteiger partial charge >= 0.3 is 42.7 Å². The van der Waals surface area contributed by atoms with E-state index in [1.165, 1.54) is 89.9 Å². The number of halogens is 6. The Morgan fingerprint density at radius 1 is 0.530 bits per heavy atom. The van der Waals surface area contributed by atoms with Crippen molar-refractivity contribution in [2.45, 2.75) is 191 Å². The minimum atomic E-state index is -2.89. The molecule has 0 aromatic carbocycles. The Morgan fingerprint density at radius 2 is 0.930 bits per heavy atom. The molecule has 614 valence electrons. The van der Waals surface area contributed by atoms with Crippen molar-refractivity contribution in [1.29, 1.82) is 0 Å². The second-order valence-corrected chi connectivity index (χ2v) is 29.0. The molecule has 8 fully saturated rings. The summed E-state index contributed by atoms with van der Waals surface area (Å²) in [5.74, 6) is -2.50. The van der Waals surface area contributed by atoms with E-state index in [2.05, 4.69) is 72.9 Å². The summed E-state index contributed by atoms with van der Waals surface area (Å²) in [7, 11) is 0. The monoisotopic (exact) mass is 1610 g/mol. The Balaban J connectivity index is 0.000000151. The summed E-state index contributed by atoms with van der Waals surface area (Å²) in [6.45, 7) is 10.3. The van der Waals surface area contributed by atoms with Gasteiger partial charge in [-0.05, 0) is 142 Å². The van der Waals surface area contributed by atoms with Crippen molar-refractivity contribution in [3.63, 3.8) is 0 Å². The van der Waals surface area contributed by atoms with E-state index in [1.807, 2.05) is 12.1 Å². The third-order valence-corrected chi connectivity index (χ3v) is 21.6. The molecule has 4 bridgehead atoms. The molecule has 2 amide bonds. The summed E-state index contributed by atoms with van der Waals surface area (Å²) in [6, 6.07) is 5.50. The van der Waals surface area contributed by atoms with Crippen LogP contribution in [0.15, 0.2) is 74.0 Å². The number of carbonyl (C=O) groups excluding carboxylic acids is 4. The molecule has 9 aromatic heterocycles. The van der Waals surface area contributed by atoms with Gasteiger partial charge in [0, 0.05) is 56.9 Å². The van der Waals surface area contributed by atoms with Gasteiger partial charge in [0.1, 0.15) is 34.1 Å².